The minimum Gasteiger partial charge on any atom is -2.00 e. The summed E-state index contributed by atoms with van der Waals surface area (Å²) in [5.74, 6) is 0. The molecule has 0 saturated heterocycles. The average Bonchev–Trinajstić information content (AvgIpc) is 2.88. The van der Waals surface area contributed by atoms with Crippen LogP contribution in [0.4, 0.5) is 0 Å². The first kappa shape index (κ1) is 80.9. The second kappa shape index (κ2) is 60.8. The van der Waals surface area contributed by atoms with E-state index in [-0.39, 0.29) is 54.0 Å². The molecule has 280 valence electrons. The smallest absolute Gasteiger partial charge is 2.00 e. The second-order valence-corrected chi connectivity index (χ2v) is 25.1. The molecule has 11 nitrogen and oxygen atoms in total. The van der Waals surface area contributed by atoms with Crippen LogP contribution >= 0.6 is 22.8 Å². The summed E-state index contributed by atoms with van der Waals surface area (Å²) in [5.41, 5.74) is -9.10. The van der Waals surface area contributed by atoms with Crippen molar-refractivity contribution in [2.24, 2.45) is 0 Å². The van der Waals surface area contributed by atoms with Gasteiger partial charge < -0.3 is 139 Å². The summed E-state index contributed by atoms with van der Waals surface area (Å²) < 4.78 is 64.7. The molecule has 0 saturated carbocycles. The largest absolute Gasteiger partial charge is 2.00 e. The molecule has 30 heteroatoms. The third-order valence-corrected chi connectivity index (χ3v) is 12.0. The van der Waals surface area contributed by atoms with E-state index in [1.165, 1.54) is 0 Å². The molecule has 0 N–H and O–H groups in total. The van der Waals surface area contributed by atoms with E-state index in [1.54, 1.807) is 0 Å². The van der Waals surface area contributed by atoms with Crippen molar-refractivity contribution >= 4 is 173 Å². The summed E-state index contributed by atoms with van der Waals surface area (Å²) in [6.45, 7) is 19.2. The van der Waals surface area contributed by atoms with Crippen LogP contribution in [-0.4, -0.2) is 52.9 Å². The van der Waals surface area contributed by atoms with E-state index in [4.69, 9.17) is 143 Å². The first-order chi connectivity index (χ1) is 19.5. The molecule has 0 aliphatic rings. The maximum atomic E-state index is 8.26. The number of rotatable bonds is 16. The summed E-state index contributed by atoms with van der Waals surface area (Å²) >= 11 is 40.7. The summed E-state index contributed by atoms with van der Waals surface area (Å²) in [5, 5.41) is 0. The Bertz CT molecular complexity index is 610. The van der Waals surface area contributed by atoms with Crippen LogP contribution in [0.1, 0.15) is 55.4 Å². The third kappa shape index (κ3) is 83.5. The van der Waals surface area contributed by atoms with Gasteiger partial charge in [0, 0.05) is 52.9 Å². The Morgan fingerprint density at radius 3 is 0.457 bits per heavy atom. The summed E-state index contributed by atoms with van der Waals surface area (Å²) in [4.78, 5) is 0. The second-order valence-electron chi connectivity index (χ2n) is 5.13. The van der Waals surface area contributed by atoms with Crippen LogP contribution in [0, 0.1) is 0 Å². The molecule has 0 aliphatic carbocycles. The monoisotopic (exact) mass is 1210 g/mol. The van der Waals surface area contributed by atoms with Gasteiger partial charge in [-0.1, -0.05) is 47.2 Å². The molecule has 0 aliphatic heterocycles. The maximum Gasteiger partial charge on any atom is -2.00 e. The Kier molecular flexibility index (Phi) is 107. The van der Waals surface area contributed by atoms with Gasteiger partial charge in [-0.2, -0.15) is 0 Å². The van der Waals surface area contributed by atoms with Crippen LogP contribution in [0.25, 0.3) is 0 Å². The zero-order valence-corrected chi connectivity index (χ0v) is 45.5. The molecule has 0 atom stereocenters. The molecular weight excluding hydrogens is 1160 g/mol. The van der Waals surface area contributed by atoms with Gasteiger partial charge in [0.2, 0.25) is 0 Å². The number of hydrogen-bond donors (Lipinski definition) is 0. The molecule has 0 unspecified atom stereocenters. The van der Waals surface area contributed by atoms with E-state index in [1.807, 2.05) is 55.4 Å². The van der Waals surface area contributed by atoms with E-state index >= 15 is 0 Å². The number of hydrogen-bond acceptors (Lipinski definition) is 19. The molecule has 0 spiro atoms. The van der Waals surface area contributed by atoms with E-state index in [2.05, 4.69) is 0 Å². The van der Waals surface area contributed by atoms with Crippen molar-refractivity contribution in [1.29, 1.82) is 0 Å². The van der Waals surface area contributed by atoms with Gasteiger partial charge >= 0.3 is 69.5 Å². The Balaban J connectivity index is -0.0000000363. The van der Waals surface area contributed by atoms with Gasteiger partial charge in [-0.25, -0.2) is 0 Å². The molecule has 0 heterocycles. The first-order valence-corrected chi connectivity index (χ1v) is 28.5. The molecule has 0 fully saturated rings. The van der Waals surface area contributed by atoms with Crippen molar-refractivity contribution < 1.29 is 106 Å². The topological polar surface area (TPSA) is 125 Å². The third-order valence-electron chi connectivity index (χ3n) is 2.30. The van der Waals surface area contributed by atoms with Crippen LogP contribution in [0.3, 0.4) is 0 Å². The van der Waals surface area contributed by atoms with Crippen molar-refractivity contribution in [3.8, 4) is 0 Å². The fourth-order valence-electron chi connectivity index (χ4n) is 1.41. The average molecular weight is 1210 g/mol. The molecule has 0 bridgehead atoms. The van der Waals surface area contributed by atoms with E-state index in [9.17, 15) is 0 Å². The molecule has 46 heavy (non-hydrogen) atoms. The molecule has 0 aromatic carbocycles. The van der Waals surface area contributed by atoms with Crippen molar-refractivity contribution in [3.63, 3.8) is 0 Å². The molecule has 0 aromatic rings. The zero-order chi connectivity index (χ0) is 35.3. The Labute approximate surface area is 381 Å². The van der Waals surface area contributed by atoms with Crippen molar-refractivity contribution in [2.75, 3.05) is 52.9 Å². The summed E-state index contributed by atoms with van der Waals surface area (Å²) in [6, 6.07) is 0. The first-order valence-electron chi connectivity index (χ1n) is 11.4. The van der Waals surface area contributed by atoms with Gasteiger partial charge in [0.05, 0.1) is 22.8 Å². The maximum absolute atomic E-state index is 8.26. The molecule has 0 radical (unpaired) electrons. The zero-order valence-electron chi connectivity index (χ0n) is 26.1. The van der Waals surface area contributed by atoms with E-state index in [0.717, 1.165) is 0 Å². The fraction of sp³-hybridized carbons (Fsp3) is 1.00. The molecule has 0 aromatic heterocycles. The molecule has 0 rings (SSSR count). The molecular formula is C16H40Mo3O11P4S12. The summed E-state index contributed by atoms with van der Waals surface area (Å²) in [7, 11) is 0. The Morgan fingerprint density at radius 1 is 0.348 bits per heavy atom. The van der Waals surface area contributed by atoms with E-state index in [0.29, 0.717) is 112 Å². The van der Waals surface area contributed by atoms with E-state index < -0.39 is 22.8 Å². The van der Waals surface area contributed by atoms with Crippen molar-refractivity contribution in [2.45, 2.75) is 55.4 Å². The Morgan fingerprint density at radius 2 is 0.413 bits per heavy atom. The molecule has 0 amide bonds. The van der Waals surface area contributed by atoms with Gasteiger partial charge in [-0.15, -0.1) is 0 Å². The fourth-order valence-corrected chi connectivity index (χ4v) is 9.30. The minimum absolute atomic E-state index is 0. The van der Waals surface area contributed by atoms with Crippen molar-refractivity contribution in [1.82, 2.24) is 0 Å². The minimum atomic E-state index is -2.28. The SMILES string of the molecule is CCOP(=S)([S-])OCC.CCOP(=S)([S-])OCC.CCOP(=S)([S-])OCC.CCOP(=S)([S-])OCC.[O]=[Mo+4].[O]=[Mo+4].[O]=[Mo+4].[S-2].[S-2].[S-2].[S-2]. The standard InChI is InChI=1S/4C4H11O2PS2.3Mo.3O.4S/c4*1-3-5-7(8,9)6-4-2;;;;;;;;;;/h4*3-4H2,1-2H3,(H,8,9);;;;;;;;;;/q;;;;3*+4;;;;4*-2/p-4. The van der Waals surface area contributed by atoms with Crippen LogP contribution in [0.2, 0.25) is 0 Å². The predicted octanol–water partition coefficient (Wildman–Crippen LogP) is 6.95. The quantitative estimate of drug-likeness (QED) is 0.0899. The predicted molar refractivity (Wildman–Crippen MR) is 211 cm³/mol. The van der Waals surface area contributed by atoms with Gasteiger partial charge in [0.25, 0.3) is 0 Å². The van der Waals surface area contributed by atoms with Crippen LogP contribution in [-0.2, 0) is 256 Å². The van der Waals surface area contributed by atoms with Gasteiger partial charge in [-0.3, -0.25) is 0 Å². The van der Waals surface area contributed by atoms with Crippen LogP contribution in [0.15, 0.2) is 0 Å². The van der Waals surface area contributed by atoms with Gasteiger partial charge in [-0.05, 0) is 55.4 Å². The van der Waals surface area contributed by atoms with Gasteiger partial charge in [0.15, 0.2) is 0 Å². The van der Waals surface area contributed by atoms with Crippen LogP contribution < -0.4 is 0 Å². The van der Waals surface area contributed by atoms with Crippen molar-refractivity contribution in [3.05, 3.63) is 0 Å². The Hall–Kier alpha value is 6.54. The van der Waals surface area contributed by atoms with Crippen LogP contribution in [0.5, 0.6) is 0 Å². The normalized spacial score (nSPS) is 9.70. The summed E-state index contributed by atoms with van der Waals surface area (Å²) in [6.07, 6.45) is 0. The van der Waals surface area contributed by atoms with Gasteiger partial charge in [0.1, 0.15) is 0 Å².